The van der Waals surface area contributed by atoms with Crippen molar-refractivity contribution in [1.29, 1.82) is 0 Å². The largest absolute Gasteiger partial charge is 0.365 e. The second kappa shape index (κ2) is 8.60. The maximum absolute atomic E-state index is 12.3. The van der Waals surface area contributed by atoms with Crippen LogP contribution >= 0.6 is 0 Å². The molecule has 0 radical (unpaired) electrons. The topological polar surface area (TPSA) is 101 Å². The Morgan fingerprint density at radius 1 is 0.933 bits per heavy atom. The van der Waals surface area contributed by atoms with E-state index in [4.69, 9.17) is 0 Å². The summed E-state index contributed by atoms with van der Waals surface area (Å²) in [5.74, 6) is 1.27. The highest BCUT2D eigenvalue weighted by Gasteiger charge is 2.14. The number of sulfonamides is 1. The Balaban J connectivity index is 1.42. The zero-order valence-electron chi connectivity index (χ0n) is 16.5. The third-order valence-electron chi connectivity index (χ3n) is 4.62. The summed E-state index contributed by atoms with van der Waals surface area (Å²) in [4.78, 5) is 0.233. The van der Waals surface area contributed by atoms with E-state index in [1.165, 1.54) is 5.56 Å². The lowest BCUT2D eigenvalue weighted by atomic mass is 10.1. The van der Waals surface area contributed by atoms with Crippen molar-refractivity contribution in [1.82, 2.24) is 24.5 Å². The molecule has 0 atom stereocenters. The molecule has 4 rings (SSSR count). The fourth-order valence-corrected chi connectivity index (χ4v) is 4.02. The van der Waals surface area contributed by atoms with Gasteiger partial charge >= 0.3 is 0 Å². The highest BCUT2D eigenvalue weighted by molar-refractivity contribution is 7.89. The van der Waals surface area contributed by atoms with E-state index in [9.17, 15) is 8.42 Å². The zero-order valence-corrected chi connectivity index (χ0v) is 17.3. The smallest absolute Gasteiger partial charge is 0.240 e. The highest BCUT2D eigenvalue weighted by atomic mass is 32.2. The van der Waals surface area contributed by atoms with Crippen LogP contribution in [0.25, 0.3) is 5.65 Å². The first-order valence-electron chi connectivity index (χ1n) is 9.57. The standard InChI is InChI=1S/C21H22N6O2S/c1-16-7-9-17(10-8-16)15-22-19-11-12-20-24-25-21(27(20)26-19)13-14-23-30(28,29)18-5-3-2-4-6-18/h2-12,23H,13-15H2,1H3,(H,22,26). The third kappa shape index (κ3) is 4.64. The molecular formula is C21H22N6O2S. The number of nitrogens with zero attached hydrogens (tertiary/aromatic N) is 4. The molecule has 30 heavy (non-hydrogen) atoms. The number of fused-ring (bicyclic) bond motifs is 1. The number of rotatable bonds is 8. The van der Waals surface area contributed by atoms with E-state index in [1.807, 2.05) is 12.1 Å². The molecule has 0 saturated carbocycles. The van der Waals surface area contributed by atoms with Crippen LogP contribution in [-0.2, 0) is 23.0 Å². The average Bonchev–Trinajstić information content (AvgIpc) is 3.16. The third-order valence-corrected chi connectivity index (χ3v) is 6.09. The molecule has 2 N–H and O–H groups in total. The number of aryl methyl sites for hydroxylation is 1. The number of hydrogen-bond acceptors (Lipinski definition) is 6. The SMILES string of the molecule is Cc1ccc(CNc2ccc3nnc(CCNS(=O)(=O)c4ccccc4)n3n2)cc1. The number of nitrogens with one attached hydrogen (secondary N) is 2. The fraction of sp³-hybridized carbons (Fsp3) is 0.190. The molecule has 0 amide bonds. The second-order valence-corrected chi connectivity index (χ2v) is 8.67. The van der Waals surface area contributed by atoms with E-state index >= 15 is 0 Å². The molecule has 9 heteroatoms. The molecule has 0 aliphatic heterocycles. The van der Waals surface area contributed by atoms with Gasteiger partial charge in [-0.2, -0.15) is 4.52 Å². The molecule has 0 aliphatic rings. The van der Waals surface area contributed by atoms with E-state index in [1.54, 1.807) is 34.8 Å². The molecule has 0 aliphatic carbocycles. The van der Waals surface area contributed by atoms with Gasteiger partial charge in [0.1, 0.15) is 5.82 Å². The first kappa shape index (κ1) is 20.0. The predicted octanol–water partition coefficient (Wildman–Crippen LogP) is 2.57. The van der Waals surface area contributed by atoms with Crippen molar-refractivity contribution >= 4 is 21.5 Å². The Labute approximate surface area is 175 Å². The maximum Gasteiger partial charge on any atom is 0.240 e. The first-order chi connectivity index (χ1) is 14.5. The van der Waals surface area contributed by atoms with Crippen molar-refractivity contribution < 1.29 is 8.42 Å². The van der Waals surface area contributed by atoms with Gasteiger partial charge in [-0.25, -0.2) is 13.1 Å². The summed E-state index contributed by atoms with van der Waals surface area (Å²) in [7, 11) is -3.56. The normalized spacial score (nSPS) is 11.6. The van der Waals surface area contributed by atoms with Gasteiger partial charge in [-0.15, -0.1) is 15.3 Å². The van der Waals surface area contributed by atoms with Crippen molar-refractivity contribution in [3.63, 3.8) is 0 Å². The Morgan fingerprint density at radius 2 is 1.70 bits per heavy atom. The maximum atomic E-state index is 12.3. The lowest BCUT2D eigenvalue weighted by Crippen LogP contribution is -2.26. The summed E-state index contributed by atoms with van der Waals surface area (Å²) in [6.07, 6.45) is 0.363. The average molecular weight is 423 g/mol. The Kier molecular flexibility index (Phi) is 5.73. The first-order valence-corrected chi connectivity index (χ1v) is 11.0. The minimum absolute atomic E-state index is 0.195. The zero-order chi connectivity index (χ0) is 21.0. The van der Waals surface area contributed by atoms with Crippen LogP contribution in [0.4, 0.5) is 5.82 Å². The number of benzene rings is 2. The van der Waals surface area contributed by atoms with Gasteiger partial charge in [0.25, 0.3) is 0 Å². The summed E-state index contributed by atoms with van der Waals surface area (Å²) < 4.78 is 28.9. The van der Waals surface area contributed by atoms with Crippen molar-refractivity contribution in [3.8, 4) is 0 Å². The predicted molar refractivity (Wildman–Crippen MR) is 115 cm³/mol. The molecule has 0 fully saturated rings. The van der Waals surface area contributed by atoms with E-state index in [-0.39, 0.29) is 11.4 Å². The molecule has 2 aromatic heterocycles. The van der Waals surface area contributed by atoms with Crippen LogP contribution in [0.15, 0.2) is 71.6 Å². The molecule has 4 aromatic rings. The summed E-state index contributed by atoms with van der Waals surface area (Å²) in [6.45, 7) is 2.90. The minimum Gasteiger partial charge on any atom is -0.365 e. The van der Waals surface area contributed by atoms with E-state index in [2.05, 4.69) is 56.5 Å². The Hall–Kier alpha value is -3.30. The lowest BCUT2D eigenvalue weighted by Gasteiger charge is -2.08. The van der Waals surface area contributed by atoms with Gasteiger partial charge in [0.05, 0.1) is 4.90 Å². The van der Waals surface area contributed by atoms with E-state index in [0.29, 0.717) is 30.3 Å². The van der Waals surface area contributed by atoms with Gasteiger partial charge in [0, 0.05) is 19.5 Å². The minimum atomic E-state index is -3.56. The molecule has 2 heterocycles. The molecule has 2 aromatic carbocycles. The van der Waals surface area contributed by atoms with E-state index in [0.717, 1.165) is 5.56 Å². The molecule has 0 saturated heterocycles. The van der Waals surface area contributed by atoms with Crippen LogP contribution in [0.5, 0.6) is 0 Å². The van der Waals surface area contributed by atoms with Gasteiger partial charge in [0.15, 0.2) is 11.5 Å². The molecule has 0 spiro atoms. The van der Waals surface area contributed by atoms with Gasteiger partial charge in [-0.1, -0.05) is 48.0 Å². The molecule has 0 bridgehead atoms. The van der Waals surface area contributed by atoms with Gasteiger partial charge in [-0.05, 0) is 36.8 Å². The van der Waals surface area contributed by atoms with Crippen molar-refractivity contribution in [2.75, 3.05) is 11.9 Å². The molecule has 154 valence electrons. The van der Waals surface area contributed by atoms with Crippen LogP contribution in [0.3, 0.4) is 0 Å². The Morgan fingerprint density at radius 3 is 2.47 bits per heavy atom. The van der Waals surface area contributed by atoms with Crippen LogP contribution < -0.4 is 10.0 Å². The molecule has 8 nitrogen and oxygen atoms in total. The number of hydrogen-bond donors (Lipinski definition) is 2. The van der Waals surface area contributed by atoms with Crippen molar-refractivity contribution in [2.24, 2.45) is 0 Å². The van der Waals surface area contributed by atoms with Gasteiger partial charge < -0.3 is 5.32 Å². The van der Waals surface area contributed by atoms with Crippen LogP contribution in [0.1, 0.15) is 17.0 Å². The van der Waals surface area contributed by atoms with Gasteiger partial charge in [-0.3, -0.25) is 0 Å². The van der Waals surface area contributed by atoms with Gasteiger partial charge in [0.2, 0.25) is 10.0 Å². The summed E-state index contributed by atoms with van der Waals surface area (Å²) in [6, 6.07) is 20.2. The lowest BCUT2D eigenvalue weighted by molar-refractivity contribution is 0.580. The Bertz CT molecular complexity index is 1240. The van der Waals surface area contributed by atoms with Crippen molar-refractivity contribution in [3.05, 3.63) is 83.7 Å². The summed E-state index contributed by atoms with van der Waals surface area (Å²) >= 11 is 0. The number of aromatic nitrogens is 4. The van der Waals surface area contributed by atoms with E-state index < -0.39 is 10.0 Å². The van der Waals surface area contributed by atoms with Crippen LogP contribution in [0.2, 0.25) is 0 Å². The van der Waals surface area contributed by atoms with Crippen LogP contribution in [0, 0.1) is 6.92 Å². The molecule has 0 unspecified atom stereocenters. The van der Waals surface area contributed by atoms with Crippen LogP contribution in [-0.4, -0.2) is 34.8 Å². The van der Waals surface area contributed by atoms with Crippen molar-refractivity contribution in [2.45, 2.75) is 24.8 Å². The summed E-state index contributed by atoms with van der Waals surface area (Å²) in [5.41, 5.74) is 2.98. The monoisotopic (exact) mass is 422 g/mol. The highest BCUT2D eigenvalue weighted by Crippen LogP contribution is 2.11. The second-order valence-electron chi connectivity index (χ2n) is 6.90. The fourth-order valence-electron chi connectivity index (χ4n) is 2.96. The number of anilines is 1. The summed E-state index contributed by atoms with van der Waals surface area (Å²) in [5, 5.41) is 16.1. The molecular weight excluding hydrogens is 400 g/mol. The quantitative estimate of drug-likeness (QED) is 0.453.